The molecule has 90 valence electrons. The summed E-state index contributed by atoms with van der Waals surface area (Å²) < 4.78 is 5.15. The summed E-state index contributed by atoms with van der Waals surface area (Å²) in [5.41, 5.74) is 1.32. The lowest BCUT2D eigenvalue weighted by Gasteiger charge is -2.23. The number of thioether (sulfide) groups is 1. The second kappa shape index (κ2) is 6.36. The van der Waals surface area contributed by atoms with Crippen molar-refractivity contribution in [2.45, 2.75) is 32.2 Å². The Balaban J connectivity index is 1.90. The zero-order valence-electron chi connectivity index (χ0n) is 9.95. The van der Waals surface area contributed by atoms with Gasteiger partial charge in [-0.3, -0.25) is 0 Å². The van der Waals surface area contributed by atoms with E-state index in [0.717, 1.165) is 18.9 Å². The number of rotatable bonds is 6. The lowest BCUT2D eigenvalue weighted by atomic mass is 9.94. The van der Waals surface area contributed by atoms with E-state index in [2.05, 4.69) is 30.1 Å². The SMILES string of the molecule is CCCNC(Cc1ccoc1)C1CCSC1. The molecule has 2 atom stereocenters. The van der Waals surface area contributed by atoms with Crippen LogP contribution < -0.4 is 5.32 Å². The molecule has 0 bridgehead atoms. The van der Waals surface area contributed by atoms with Crippen LogP contribution in [0.3, 0.4) is 0 Å². The van der Waals surface area contributed by atoms with Crippen molar-refractivity contribution in [3.8, 4) is 0 Å². The fourth-order valence-corrected chi connectivity index (χ4v) is 3.61. The van der Waals surface area contributed by atoms with E-state index >= 15 is 0 Å². The molecular formula is C13H21NOS. The summed E-state index contributed by atoms with van der Waals surface area (Å²) in [4.78, 5) is 0. The maximum atomic E-state index is 5.15. The van der Waals surface area contributed by atoms with Gasteiger partial charge in [0, 0.05) is 6.04 Å². The Morgan fingerprint density at radius 2 is 2.56 bits per heavy atom. The van der Waals surface area contributed by atoms with Crippen molar-refractivity contribution in [1.29, 1.82) is 0 Å². The van der Waals surface area contributed by atoms with Crippen LogP contribution in [0.2, 0.25) is 0 Å². The molecule has 2 rings (SSSR count). The first-order valence-corrected chi connectivity index (χ1v) is 7.38. The third kappa shape index (κ3) is 3.29. The van der Waals surface area contributed by atoms with Crippen LogP contribution in [0.25, 0.3) is 0 Å². The molecule has 16 heavy (non-hydrogen) atoms. The first-order chi connectivity index (χ1) is 7.90. The Hall–Kier alpha value is -0.410. The monoisotopic (exact) mass is 239 g/mol. The van der Waals surface area contributed by atoms with Gasteiger partial charge >= 0.3 is 0 Å². The van der Waals surface area contributed by atoms with Gasteiger partial charge in [0.2, 0.25) is 0 Å². The summed E-state index contributed by atoms with van der Waals surface area (Å²) in [5.74, 6) is 3.49. The van der Waals surface area contributed by atoms with Crippen LogP contribution in [0.15, 0.2) is 23.0 Å². The molecule has 1 saturated heterocycles. The Morgan fingerprint density at radius 1 is 1.62 bits per heavy atom. The summed E-state index contributed by atoms with van der Waals surface area (Å²) in [7, 11) is 0. The average Bonchev–Trinajstić information content (AvgIpc) is 2.96. The minimum atomic E-state index is 0.632. The molecule has 0 spiro atoms. The molecule has 1 aromatic rings. The summed E-state index contributed by atoms with van der Waals surface area (Å²) in [6.07, 6.45) is 7.34. The third-order valence-corrected chi connectivity index (χ3v) is 4.41. The highest BCUT2D eigenvalue weighted by atomic mass is 32.2. The standard InChI is InChI=1S/C13H21NOS/c1-2-5-14-13(12-4-7-16-10-12)8-11-3-6-15-9-11/h3,6,9,12-14H,2,4-5,7-8,10H2,1H3. The van der Waals surface area contributed by atoms with E-state index in [1.54, 1.807) is 6.26 Å². The molecule has 1 fully saturated rings. The molecule has 1 aliphatic heterocycles. The van der Waals surface area contributed by atoms with E-state index < -0.39 is 0 Å². The van der Waals surface area contributed by atoms with Gasteiger partial charge in [-0.25, -0.2) is 0 Å². The third-order valence-electron chi connectivity index (χ3n) is 3.23. The minimum Gasteiger partial charge on any atom is -0.472 e. The van der Waals surface area contributed by atoms with Crippen molar-refractivity contribution >= 4 is 11.8 Å². The van der Waals surface area contributed by atoms with Crippen molar-refractivity contribution < 1.29 is 4.42 Å². The second-order valence-electron chi connectivity index (χ2n) is 4.52. The highest BCUT2D eigenvalue weighted by Crippen LogP contribution is 2.27. The molecule has 0 amide bonds. The molecule has 1 N–H and O–H groups in total. The van der Waals surface area contributed by atoms with Gasteiger partial charge in [-0.2, -0.15) is 11.8 Å². The first kappa shape index (κ1) is 12.1. The van der Waals surface area contributed by atoms with Crippen molar-refractivity contribution in [3.63, 3.8) is 0 Å². The molecule has 0 aromatic carbocycles. The van der Waals surface area contributed by atoms with Crippen molar-refractivity contribution in [3.05, 3.63) is 24.2 Å². The zero-order valence-corrected chi connectivity index (χ0v) is 10.8. The van der Waals surface area contributed by atoms with Crippen LogP contribution in [0.5, 0.6) is 0 Å². The van der Waals surface area contributed by atoms with Gasteiger partial charge in [0.1, 0.15) is 0 Å². The van der Waals surface area contributed by atoms with E-state index in [0.29, 0.717) is 6.04 Å². The summed E-state index contributed by atoms with van der Waals surface area (Å²) >= 11 is 2.09. The van der Waals surface area contributed by atoms with Crippen LogP contribution >= 0.6 is 11.8 Å². The minimum absolute atomic E-state index is 0.632. The lowest BCUT2D eigenvalue weighted by Crippen LogP contribution is -2.38. The van der Waals surface area contributed by atoms with Gasteiger partial charge in [0.25, 0.3) is 0 Å². The molecule has 2 nitrogen and oxygen atoms in total. The normalized spacial score (nSPS) is 22.4. The topological polar surface area (TPSA) is 25.2 Å². The maximum Gasteiger partial charge on any atom is 0.0935 e. The molecule has 1 aliphatic rings. The van der Waals surface area contributed by atoms with Gasteiger partial charge in [0.05, 0.1) is 12.5 Å². The van der Waals surface area contributed by atoms with Crippen molar-refractivity contribution in [1.82, 2.24) is 5.32 Å². The van der Waals surface area contributed by atoms with E-state index in [1.165, 1.54) is 29.9 Å². The summed E-state index contributed by atoms with van der Waals surface area (Å²) in [6.45, 7) is 3.36. The molecule has 2 unspecified atom stereocenters. The summed E-state index contributed by atoms with van der Waals surface area (Å²) in [6, 6.07) is 2.72. The smallest absolute Gasteiger partial charge is 0.0935 e. The molecule has 1 aromatic heterocycles. The van der Waals surface area contributed by atoms with E-state index in [9.17, 15) is 0 Å². The van der Waals surface area contributed by atoms with Crippen LogP contribution in [-0.2, 0) is 6.42 Å². The molecular weight excluding hydrogens is 218 g/mol. The Morgan fingerprint density at radius 3 is 3.19 bits per heavy atom. The quantitative estimate of drug-likeness (QED) is 0.826. The molecule has 3 heteroatoms. The van der Waals surface area contributed by atoms with E-state index in [4.69, 9.17) is 4.42 Å². The maximum absolute atomic E-state index is 5.15. The Kier molecular flexibility index (Phi) is 4.79. The lowest BCUT2D eigenvalue weighted by molar-refractivity contribution is 0.379. The zero-order chi connectivity index (χ0) is 11.2. The van der Waals surface area contributed by atoms with E-state index in [1.807, 2.05) is 6.26 Å². The molecule has 2 heterocycles. The van der Waals surface area contributed by atoms with Gasteiger partial charge in [-0.1, -0.05) is 6.92 Å². The van der Waals surface area contributed by atoms with Crippen LogP contribution in [-0.4, -0.2) is 24.1 Å². The summed E-state index contributed by atoms with van der Waals surface area (Å²) in [5, 5.41) is 3.69. The number of furan rings is 1. The van der Waals surface area contributed by atoms with Crippen LogP contribution in [0.1, 0.15) is 25.3 Å². The fraction of sp³-hybridized carbons (Fsp3) is 0.692. The molecule has 0 aliphatic carbocycles. The number of nitrogens with one attached hydrogen (secondary N) is 1. The largest absolute Gasteiger partial charge is 0.472 e. The highest BCUT2D eigenvalue weighted by molar-refractivity contribution is 7.99. The van der Waals surface area contributed by atoms with Crippen molar-refractivity contribution in [2.24, 2.45) is 5.92 Å². The number of hydrogen-bond donors (Lipinski definition) is 1. The first-order valence-electron chi connectivity index (χ1n) is 6.22. The highest BCUT2D eigenvalue weighted by Gasteiger charge is 2.25. The van der Waals surface area contributed by atoms with Gasteiger partial charge < -0.3 is 9.73 Å². The Bertz CT molecular complexity index is 280. The van der Waals surface area contributed by atoms with Gasteiger partial charge in [-0.15, -0.1) is 0 Å². The molecule has 0 radical (unpaired) electrons. The Labute approximate surface area is 102 Å². The predicted octanol–water partition coefficient (Wildman–Crippen LogP) is 2.94. The molecule has 0 saturated carbocycles. The second-order valence-corrected chi connectivity index (χ2v) is 5.67. The van der Waals surface area contributed by atoms with Gasteiger partial charge in [-0.05, 0) is 54.9 Å². The predicted molar refractivity (Wildman–Crippen MR) is 69.9 cm³/mol. The van der Waals surface area contributed by atoms with Gasteiger partial charge in [0.15, 0.2) is 0 Å². The van der Waals surface area contributed by atoms with Crippen molar-refractivity contribution in [2.75, 3.05) is 18.1 Å². The van der Waals surface area contributed by atoms with Crippen LogP contribution in [0.4, 0.5) is 0 Å². The fourth-order valence-electron chi connectivity index (χ4n) is 2.27. The van der Waals surface area contributed by atoms with Crippen LogP contribution in [0, 0.1) is 5.92 Å². The number of hydrogen-bond acceptors (Lipinski definition) is 3. The average molecular weight is 239 g/mol. The van der Waals surface area contributed by atoms with E-state index in [-0.39, 0.29) is 0 Å².